The average Bonchev–Trinajstić information content (AvgIpc) is 2.96. The first-order valence-corrected chi connectivity index (χ1v) is 13.4. The molecule has 3 N–H and O–H groups in total. The molecule has 0 amide bonds. The Morgan fingerprint density at radius 1 is 1.00 bits per heavy atom. The summed E-state index contributed by atoms with van der Waals surface area (Å²) < 4.78 is 72.1. The van der Waals surface area contributed by atoms with Gasteiger partial charge in [0.25, 0.3) is 0 Å². The van der Waals surface area contributed by atoms with E-state index in [1.807, 2.05) is 18.2 Å². The Morgan fingerprint density at radius 3 is 2.33 bits per heavy atom. The summed E-state index contributed by atoms with van der Waals surface area (Å²) in [5, 5.41) is 15.2. The molecule has 0 radical (unpaired) electrons. The lowest BCUT2D eigenvalue weighted by Gasteiger charge is -2.32. The van der Waals surface area contributed by atoms with Gasteiger partial charge in [0.1, 0.15) is 30.0 Å². The standard InChI is InChI=1S/C30H34F4N2O6.ClH/c1-19-24(25(22-13-7-8-14-23(22)31)26(28(38)40-2)27(36-19)30(32,33)34)29(39)41-16-10-4-9-15-35-17-20(37)18-42-21-11-5-3-6-12-21;/h3,5-8,11-14,20,25,35-37H,4,9-10,15-18H2,1-2H3;1H. The highest BCUT2D eigenvalue weighted by atomic mass is 35.5. The zero-order valence-electron chi connectivity index (χ0n) is 23.7. The topological polar surface area (TPSA) is 106 Å². The molecule has 1 aliphatic rings. The molecule has 0 saturated carbocycles. The number of ether oxygens (including phenoxy) is 3. The number of para-hydroxylation sites is 1. The number of esters is 2. The molecule has 8 nitrogen and oxygen atoms in total. The lowest BCUT2D eigenvalue weighted by molar-refractivity contribution is -0.140. The predicted molar refractivity (Wildman–Crippen MR) is 153 cm³/mol. The zero-order chi connectivity index (χ0) is 30.7. The van der Waals surface area contributed by atoms with Gasteiger partial charge in [0.2, 0.25) is 0 Å². The van der Waals surface area contributed by atoms with E-state index >= 15 is 0 Å². The Morgan fingerprint density at radius 2 is 1.67 bits per heavy atom. The quantitative estimate of drug-likeness (QED) is 0.153. The number of carbonyl (C=O) groups excluding carboxylic acids is 2. The highest BCUT2D eigenvalue weighted by Gasteiger charge is 2.48. The summed E-state index contributed by atoms with van der Waals surface area (Å²) in [5.41, 5.74) is -3.19. The lowest BCUT2D eigenvalue weighted by Crippen LogP contribution is -2.38. The van der Waals surface area contributed by atoms with Crippen LogP contribution >= 0.6 is 12.4 Å². The summed E-state index contributed by atoms with van der Waals surface area (Å²) in [7, 11) is 0.902. The smallest absolute Gasteiger partial charge is 0.431 e. The molecule has 0 saturated heterocycles. The van der Waals surface area contributed by atoms with Crippen LogP contribution in [-0.2, 0) is 19.1 Å². The number of benzene rings is 2. The molecule has 0 spiro atoms. The molecule has 13 heteroatoms. The highest BCUT2D eigenvalue weighted by molar-refractivity contribution is 6.00. The largest absolute Gasteiger partial charge is 0.491 e. The highest BCUT2D eigenvalue weighted by Crippen LogP contribution is 2.44. The summed E-state index contributed by atoms with van der Waals surface area (Å²) in [6.45, 7) is 2.25. The minimum atomic E-state index is -5.01. The van der Waals surface area contributed by atoms with E-state index in [1.165, 1.54) is 25.1 Å². The Hall–Kier alpha value is -3.61. The molecule has 2 unspecified atom stereocenters. The van der Waals surface area contributed by atoms with Gasteiger partial charge in [-0.05, 0) is 50.9 Å². The van der Waals surface area contributed by atoms with E-state index in [9.17, 15) is 32.3 Å². The number of aliphatic hydroxyl groups is 1. The molecule has 3 rings (SSSR count). The summed E-state index contributed by atoms with van der Waals surface area (Å²) in [6, 6.07) is 14.1. The fourth-order valence-corrected chi connectivity index (χ4v) is 4.48. The minimum Gasteiger partial charge on any atom is -0.491 e. The van der Waals surface area contributed by atoms with Crippen LogP contribution in [-0.4, -0.2) is 62.7 Å². The predicted octanol–water partition coefficient (Wildman–Crippen LogP) is 4.94. The molecule has 0 bridgehead atoms. The molecule has 0 aliphatic carbocycles. The van der Waals surface area contributed by atoms with Crippen LogP contribution in [0.3, 0.4) is 0 Å². The van der Waals surface area contributed by atoms with Crippen LogP contribution < -0.4 is 15.4 Å². The number of hydrogen-bond acceptors (Lipinski definition) is 8. The Bertz CT molecular complexity index is 1290. The zero-order valence-corrected chi connectivity index (χ0v) is 24.5. The van der Waals surface area contributed by atoms with E-state index < -0.39 is 47.2 Å². The van der Waals surface area contributed by atoms with Crippen LogP contribution in [0.4, 0.5) is 17.6 Å². The number of rotatable bonds is 14. The van der Waals surface area contributed by atoms with Crippen molar-refractivity contribution >= 4 is 24.3 Å². The van der Waals surface area contributed by atoms with Crippen LogP contribution in [0.5, 0.6) is 5.75 Å². The number of carbonyl (C=O) groups is 2. The van der Waals surface area contributed by atoms with Gasteiger partial charge in [-0.15, -0.1) is 12.4 Å². The summed E-state index contributed by atoms with van der Waals surface area (Å²) in [5.74, 6) is -4.26. The van der Waals surface area contributed by atoms with E-state index in [4.69, 9.17) is 9.47 Å². The fraction of sp³-hybridized carbons (Fsp3) is 0.400. The van der Waals surface area contributed by atoms with E-state index in [2.05, 4.69) is 15.4 Å². The van der Waals surface area contributed by atoms with Crippen molar-refractivity contribution in [3.05, 3.63) is 88.5 Å². The van der Waals surface area contributed by atoms with Crippen molar-refractivity contribution in [1.82, 2.24) is 10.6 Å². The van der Waals surface area contributed by atoms with E-state index in [1.54, 1.807) is 12.1 Å². The number of dihydropyridines is 1. The van der Waals surface area contributed by atoms with Gasteiger partial charge in [-0.1, -0.05) is 36.4 Å². The number of unbranched alkanes of at least 4 members (excludes halogenated alkanes) is 2. The molecule has 2 aromatic rings. The summed E-state index contributed by atoms with van der Waals surface area (Å²) >= 11 is 0. The fourth-order valence-electron chi connectivity index (χ4n) is 4.48. The van der Waals surface area contributed by atoms with Gasteiger partial charge in [-0.2, -0.15) is 13.2 Å². The van der Waals surface area contributed by atoms with Gasteiger partial charge in [0, 0.05) is 17.8 Å². The Balaban J connectivity index is 0.00000645. The molecular formula is C30H35ClF4N2O6. The Kier molecular flexibility index (Phi) is 14.0. The van der Waals surface area contributed by atoms with Crippen molar-refractivity contribution < 1.29 is 46.5 Å². The van der Waals surface area contributed by atoms with Crippen LogP contribution in [0.2, 0.25) is 0 Å². The van der Waals surface area contributed by atoms with Gasteiger partial charge in [-0.3, -0.25) is 0 Å². The van der Waals surface area contributed by atoms with Crippen molar-refractivity contribution in [2.75, 3.05) is 33.4 Å². The van der Waals surface area contributed by atoms with E-state index in [0.717, 1.165) is 13.2 Å². The second kappa shape index (κ2) is 16.9. The number of alkyl halides is 3. The summed E-state index contributed by atoms with van der Waals surface area (Å²) in [4.78, 5) is 25.7. The monoisotopic (exact) mass is 630 g/mol. The maximum absolute atomic E-state index is 14.8. The van der Waals surface area contributed by atoms with Crippen molar-refractivity contribution in [1.29, 1.82) is 0 Å². The molecule has 0 fully saturated rings. The first-order chi connectivity index (χ1) is 20.0. The van der Waals surface area contributed by atoms with E-state index in [0.29, 0.717) is 38.1 Å². The molecule has 0 aromatic heterocycles. The Labute approximate surface area is 253 Å². The third kappa shape index (κ3) is 9.97. The van der Waals surface area contributed by atoms with Crippen molar-refractivity contribution in [2.45, 2.75) is 44.4 Å². The first kappa shape index (κ1) is 35.6. The third-order valence-electron chi connectivity index (χ3n) is 6.48. The number of methoxy groups -OCH3 is 1. The molecule has 1 aliphatic heterocycles. The number of aliphatic hydroxyl groups excluding tert-OH is 1. The lowest BCUT2D eigenvalue weighted by atomic mass is 9.80. The van der Waals surface area contributed by atoms with Crippen molar-refractivity contribution in [3.63, 3.8) is 0 Å². The van der Waals surface area contributed by atoms with Crippen LogP contribution in [0.15, 0.2) is 77.1 Å². The van der Waals surface area contributed by atoms with Gasteiger partial charge in [0.05, 0.1) is 30.8 Å². The van der Waals surface area contributed by atoms with Gasteiger partial charge in [-0.25, -0.2) is 14.0 Å². The second-order valence-electron chi connectivity index (χ2n) is 9.57. The summed E-state index contributed by atoms with van der Waals surface area (Å²) in [6.07, 6.45) is -3.91. The minimum absolute atomic E-state index is 0. The molecule has 236 valence electrons. The van der Waals surface area contributed by atoms with Gasteiger partial charge < -0.3 is 30.0 Å². The normalized spacial score (nSPS) is 15.7. The number of allylic oxidation sites excluding steroid dienone is 2. The maximum Gasteiger partial charge on any atom is 0.431 e. The molecule has 2 aromatic carbocycles. The third-order valence-corrected chi connectivity index (χ3v) is 6.48. The number of halogens is 5. The van der Waals surface area contributed by atoms with Crippen LogP contribution in [0.1, 0.15) is 37.7 Å². The maximum atomic E-state index is 14.8. The first-order valence-electron chi connectivity index (χ1n) is 13.4. The van der Waals surface area contributed by atoms with Gasteiger partial charge >= 0.3 is 18.1 Å². The van der Waals surface area contributed by atoms with Crippen LogP contribution in [0, 0.1) is 5.82 Å². The molecule has 2 atom stereocenters. The number of nitrogens with one attached hydrogen (secondary N) is 2. The van der Waals surface area contributed by atoms with Crippen LogP contribution in [0.25, 0.3) is 0 Å². The van der Waals surface area contributed by atoms with E-state index in [-0.39, 0.29) is 42.5 Å². The van der Waals surface area contributed by atoms with Crippen molar-refractivity contribution in [2.24, 2.45) is 0 Å². The van der Waals surface area contributed by atoms with Gasteiger partial charge in [0.15, 0.2) is 0 Å². The number of hydrogen-bond donors (Lipinski definition) is 3. The second-order valence-corrected chi connectivity index (χ2v) is 9.57. The average molecular weight is 631 g/mol. The molecule has 43 heavy (non-hydrogen) atoms. The van der Waals surface area contributed by atoms with Crippen molar-refractivity contribution in [3.8, 4) is 5.75 Å². The molecule has 1 heterocycles. The molecular weight excluding hydrogens is 596 g/mol. The SMILES string of the molecule is COC(=O)C1=C(C(F)(F)F)NC(C)=C(C(=O)OCCCCCNCC(O)COc2ccccc2)C1c1ccccc1F.Cl.